The molecule has 0 saturated heterocycles. The zero-order chi connectivity index (χ0) is 14.5. The molecule has 0 radical (unpaired) electrons. The third-order valence-electron chi connectivity index (χ3n) is 4.63. The molecule has 0 spiro atoms. The fourth-order valence-electron chi connectivity index (χ4n) is 3.61. The molecule has 110 valence electrons. The minimum Gasteiger partial charge on any atom is -0.397 e. The highest BCUT2D eigenvalue weighted by molar-refractivity contribution is 7.89. The minimum absolute atomic E-state index is 0.0788. The van der Waals surface area contributed by atoms with Crippen LogP contribution < -0.4 is 10.5 Å². The van der Waals surface area contributed by atoms with Crippen LogP contribution in [0.3, 0.4) is 0 Å². The Bertz CT molecular complexity index is 645. The highest BCUT2D eigenvalue weighted by atomic mass is 35.5. The van der Waals surface area contributed by atoms with Crippen LogP contribution in [0.25, 0.3) is 0 Å². The first-order valence-electron chi connectivity index (χ1n) is 6.95. The van der Waals surface area contributed by atoms with E-state index in [1.807, 2.05) is 0 Å². The van der Waals surface area contributed by atoms with Gasteiger partial charge in [0.25, 0.3) is 0 Å². The first-order chi connectivity index (χ1) is 9.37. The molecule has 1 aromatic carbocycles. The number of nitrogens with one attached hydrogen (secondary N) is 1. The van der Waals surface area contributed by atoms with Gasteiger partial charge < -0.3 is 5.73 Å². The number of sulfonamides is 1. The lowest BCUT2D eigenvalue weighted by atomic mass is 9.96. The number of nitrogen functional groups attached to an aromatic ring is 1. The molecule has 0 aliphatic heterocycles. The van der Waals surface area contributed by atoms with Crippen LogP contribution in [-0.2, 0) is 10.0 Å². The van der Waals surface area contributed by atoms with E-state index in [1.54, 1.807) is 13.0 Å². The smallest absolute Gasteiger partial charge is 0.241 e. The fourth-order valence-corrected chi connectivity index (χ4v) is 5.41. The summed E-state index contributed by atoms with van der Waals surface area (Å²) in [5.74, 6) is 1.20. The van der Waals surface area contributed by atoms with Gasteiger partial charge in [-0.1, -0.05) is 18.0 Å². The molecule has 0 aromatic heterocycles. The van der Waals surface area contributed by atoms with Crippen molar-refractivity contribution in [2.75, 3.05) is 5.73 Å². The van der Waals surface area contributed by atoms with Gasteiger partial charge in [-0.2, -0.15) is 0 Å². The summed E-state index contributed by atoms with van der Waals surface area (Å²) < 4.78 is 27.9. The van der Waals surface area contributed by atoms with Crippen LogP contribution in [0.4, 0.5) is 5.69 Å². The van der Waals surface area contributed by atoms with Crippen LogP contribution >= 0.6 is 11.6 Å². The summed E-state index contributed by atoms with van der Waals surface area (Å²) in [5.41, 5.74) is 6.65. The molecule has 3 N–H and O–H groups in total. The number of benzene rings is 1. The molecule has 3 unspecified atom stereocenters. The van der Waals surface area contributed by atoms with Crippen molar-refractivity contribution >= 4 is 27.3 Å². The quantitative estimate of drug-likeness (QED) is 0.843. The van der Waals surface area contributed by atoms with Gasteiger partial charge in [0, 0.05) is 6.04 Å². The second-order valence-corrected chi connectivity index (χ2v) is 8.13. The summed E-state index contributed by atoms with van der Waals surface area (Å²) in [7, 11) is -3.52. The predicted octanol–water partition coefficient (Wildman–Crippen LogP) is 2.70. The summed E-state index contributed by atoms with van der Waals surface area (Å²) >= 11 is 5.92. The van der Waals surface area contributed by atoms with Crippen LogP contribution in [-0.4, -0.2) is 14.5 Å². The molecule has 1 aromatic rings. The van der Waals surface area contributed by atoms with E-state index >= 15 is 0 Å². The second-order valence-electron chi connectivity index (χ2n) is 6.04. The topological polar surface area (TPSA) is 72.2 Å². The van der Waals surface area contributed by atoms with Crippen LogP contribution in [0.5, 0.6) is 0 Å². The molecule has 0 heterocycles. The maximum atomic E-state index is 12.5. The van der Waals surface area contributed by atoms with Crippen LogP contribution in [0.1, 0.15) is 31.2 Å². The van der Waals surface area contributed by atoms with Gasteiger partial charge in [0.15, 0.2) is 0 Å². The average molecular weight is 315 g/mol. The Morgan fingerprint density at radius 3 is 2.65 bits per heavy atom. The Morgan fingerprint density at radius 2 is 2.05 bits per heavy atom. The summed E-state index contributed by atoms with van der Waals surface area (Å²) in [6, 6.07) is 3.13. The second kappa shape index (κ2) is 4.90. The Balaban J connectivity index is 1.87. The zero-order valence-electron chi connectivity index (χ0n) is 11.4. The monoisotopic (exact) mass is 314 g/mol. The van der Waals surface area contributed by atoms with Gasteiger partial charge in [-0.15, -0.1) is 0 Å². The van der Waals surface area contributed by atoms with E-state index in [0.717, 1.165) is 19.3 Å². The molecule has 0 amide bonds. The van der Waals surface area contributed by atoms with Gasteiger partial charge in [-0.05, 0) is 55.7 Å². The number of fused-ring (bicyclic) bond motifs is 2. The molecule has 2 fully saturated rings. The van der Waals surface area contributed by atoms with Crippen molar-refractivity contribution in [2.24, 2.45) is 11.8 Å². The zero-order valence-corrected chi connectivity index (χ0v) is 13.0. The van der Waals surface area contributed by atoms with E-state index in [9.17, 15) is 8.42 Å². The molecular weight excluding hydrogens is 296 g/mol. The molecule has 6 heteroatoms. The molecular formula is C14H19ClN2O2S. The van der Waals surface area contributed by atoms with Gasteiger partial charge in [-0.25, -0.2) is 13.1 Å². The van der Waals surface area contributed by atoms with E-state index in [4.69, 9.17) is 17.3 Å². The van der Waals surface area contributed by atoms with Crippen molar-refractivity contribution in [3.05, 3.63) is 22.7 Å². The molecule has 3 rings (SSSR count). The number of hydrogen-bond donors (Lipinski definition) is 2. The molecule has 20 heavy (non-hydrogen) atoms. The van der Waals surface area contributed by atoms with E-state index in [-0.39, 0.29) is 10.9 Å². The first-order valence-corrected chi connectivity index (χ1v) is 8.81. The van der Waals surface area contributed by atoms with Crippen molar-refractivity contribution in [1.82, 2.24) is 4.72 Å². The van der Waals surface area contributed by atoms with Crippen molar-refractivity contribution in [3.63, 3.8) is 0 Å². The number of nitrogens with two attached hydrogens (primary N) is 1. The van der Waals surface area contributed by atoms with Crippen molar-refractivity contribution in [3.8, 4) is 0 Å². The summed E-state index contributed by atoms with van der Waals surface area (Å²) in [4.78, 5) is 0.238. The third-order valence-corrected chi connectivity index (χ3v) is 6.59. The third kappa shape index (κ3) is 2.43. The van der Waals surface area contributed by atoms with Gasteiger partial charge in [0.2, 0.25) is 10.0 Å². The molecule has 4 nitrogen and oxygen atoms in total. The lowest BCUT2D eigenvalue weighted by Gasteiger charge is -2.23. The molecule has 2 aliphatic carbocycles. The average Bonchev–Trinajstić information content (AvgIpc) is 2.95. The Labute approximate surface area is 124 Å². The highest BCUT2D eigenvalue weighted by Gasteiger charge is 2.41. The summed E-state index contributed by atoms with van der Waals surface area (Å²) in [6.07, 6.45) is 4.51. The Hall–Kier alpha value is -0.780. The maximum absolute atomic E-state index is 12.5. The SMILES string of the molecule is Cc1cc(Cl)c(N)cc1S(=O)(=O)NC1CC2CCC1C2. The maximum Gasteiger partial charge on any atom is 0.241 e. The largest absolute Gasteiger partial charge is 0.397 e. The van der Waals surface area contributed by atoms with E-state index < -0.39 is 10.0 Å². The van der Waals surface area contributed by atoms with E-state index in [0.29, 0.717) is 28.1 Å². The van der Waals surface area contributed by atoms with Gasteiger partial charge >= 0.3 is 0 Å². The molecule has 3 atom stereocenters. The predicted molar refractivity (Wildman–Crippen MR) is 80.2 cm³/mol. The van der Waals surface area contributed by atoms with E-state index in [1.165, 1.54) is 12.5 Å². The minimum atomic E-state index is -3.52. The highest BCUT2D eigenvalue weighted by Crippen LogP contribution is 2.45. The Morgan fingerprint density at radius 1 is 1.30 bits per heavy atom. The number of anilines is 1. The fraction of sp³-hybridized carbons (Fsp3) is 0.571. The van der Waals surface area contributed by atoms with Crippen molar-refractivity contribution in [2.45, 2.75) is 43.5 Å². The molecule has 2 saturated carbocycles. The van der Waals surface area contributed by atoms with Crippen LogP contribution in [0, 0.1) is 18.8 Å². The normalized spacial score (nSPS) is 29.0. The van der Waals surface area contributed by atoms with Crippen LogP contribution in [0.2, 0.25) is 5.02 Å². The number of aryl methyl sites for hydroxylation is 1. The number of rotatable bonds is 3. The van der Waals surface area contributed by atoms with Gasteiger partial charge in [0.1, 0.15) is 0 Å². The summed E-state index contributed by atoms with van der Waals surface area (Å²) in [5, 5.41) is 0.390. The van der Waals surface area contributed by atoms with Crippen molar-refractivity contribution < 1.29 is 8.42 Å². The van der Waals surface area contributed by atoms with E-state index in [2.05, 4.69) is 4.72 Å². The standard InChI is InChI=1S/C14H19ClN2O2S/c1-8-4-11(15)12(16)7-14(8)20(18,19)17-13-6-9-2-3-10(13)5-9/h4,7,9-10,13,17H,2-3,5-6,16H2,1H3. The van der Waals surface area contributed by atoms with Crippen molar-refractivity contribution in [1.29, 1.82) is 0 Å². The molecule has 2 bridgehead atoms. The molecule has 2 aliphatic rings. The first kappa shape index (κ1) is 14.2. The Kier molecular flexibility index (Phi) is 3.47. The van der Waals surface area contributed by atoms with Gasteiger partial charge in [0.05, 0.1) is 15.6 Å². The lowest BCUT2D eigenvalue weighted by Crippen LogP contribution is -2.38. The number of halogens is 1. The van der Waals surface area contributed by atoms with Crippen LogP contribution in [0.15, 0.2) is 17.0 Å². The lowest BCUT2D eigenvalue weighted by molar-refractivity contribution is 0.390. The number of hydrogen-bond acceptors (Lipinski definition) is 3. The van der Waals surface area contributed by atoms with Gasteiger partial charge in [-0.3, -0.25) is 0 Å². The summed E-state index contributed by atoms with van der Waals surface area (Å²) in [6.45, 7) is 1.74.